The van der Waals surface area contributed by atoms with E-state index < -0.39 is 0 Å². The molecule has 0 spiro atoms. The highest BCUT2D eigenvalue weighted by Gasteiger charge is 2.31. The average Bonchev–Trinajstić information content (AvgIpc) is 2.81. The Hall–Kier alpha value is -2.86. The van der Waals surface area contributed by atoms with Gasteiger partial charge in [-0.3, -0.25) is 9.69 Å². The summed E-state index contributed by atoms with van der Waals surface area (Å²) in [5.74, 6) is 0.520. The summed E-state index contributed by atoms with van der Waals surface area (Å²) in [4.78, 5) is 26.7. The second-order valence-electron chi connectivity index (χ2n) is 7.63. The van der Waals surface area contributed by atoms with Crippen LogP contribution < -0.4 is 10.1 Å². The number of rotatable bonds is 8. The van der Waals surface area contributed by atoms with E-state index in [9.17, 15) is 9.59 Å². The molecule has 1 aliphatic rings. The fourth-order valence-electron chi connectivity index (χ4n) is 3.78. The molecule has 1 heterocycles. The maximum absolute atomic E-state index is 12.9. The molecule has 0 saturated carbocycles. The molecule has 1 N–H and O–H groups in total. The Kier molecular flexibility index (Phi) is 7.85. The highest BCUT2D eigenvalue weighted by Crippen LogP contribution is 2.21. The molecule has 6 heteroatoms. The number of esters is 1. The van der Waals surface area contributed by atoms with Crippen LogP contribution in [-0.2, 0) is 16.1 Å². The summed E-state index contributed by atoms with van der Waals surface area (Å²) >= 11 is 0. The molecule has 0 aromatic heterocycles. The lowest BCUT2D eigenvalue weighted by atomic mass is 9.99. The molecule has 30 heavy (non-hydrogen) atoms. The standard InChI is InChI=1S/C24H30N2O4/c1-18(17-30-21-8-4-3-5-9-21)26-15-7-6-10-22(26)23(27)25-16-19-11-13-20(14-12-19)24(28)29-2/h3-5,8-9,11-14,18,22H,6-7,10,15-17H2,1-2H3,(H,25,27). The molecule has 6 nitrogen and oxygen atoms in total. The molecule has 1 amide bonds. The first-order valence-electron chi connectivity index (χ1n) is 10.5. The maximum atomic E-state index is 12.9. The van der Waals surface area contributed by atoms with Crippen LogP contribution in [0.25, 0.3) is 0 Å². The first-order chi connectivity index (χ1) is 14.6. The molecule has 0 aliphatic carbocycles. The summed E-state index contributed by atoms with van der Waals surface area (Å²) in [6, 6.07) is 16.8. The number of para-hydroxylation sites is 1. The highest BCUT2D eigenvalue weighted by atomic mass is 16.5. The number of carbonyl (C=O) groups is 2. The van der Waals surface area contributed by atoms with Crippen LogP contribution in [0, 0.1) is 0 Å². The van der Waals surface area contributed by atoms with Gasteiger partial charge < -0.3 is 14.8 Å². The number of hydrogen-bond acceptors (Lipinski definition) is 5. The fourth-order valence-corrected chi connectivity index (χ4v) is 3.78. The number of methoxy groups -OCH3 is 1. The van der Waals surface area contributed by atoms with Crippen molar-refractivity contribution in [3.63, 3.8) is 0 Å². The van der Waals surface area contributed by atoms with Crippen molar-refractivity contribution in [1.82, 2.24) is 10.2 Å². The highest BCUT2D eigenvalue weighted by molar-refractivity contribution is 5.89. The third-order valence-electron chi connectivity index (χ3n) is 5.49. The van der Waals surface area contributed by atoms with Crippen molar-refractivity contribution in [3.05, 3.63) is 65.7 Å². The van der Waals surface area contributed by atoms with Gasteiger partial charge in [0.2, 0.25) is 5.91 Å². The van der Waals surface area contributed by atoms with E-state index in [0.717, 1.165) is 37.1 Å². The number of benzene rings is 2. The number of likely N-dealkylation sites (tertiary alicyclic amines) is 1. The monoisotopic (exact) mass is 410 g/mol. The first-order valence-corrected chi connectivity index (χ1v) is 10.5. The van der Waals surface area contributed by atoms with Gasteiger partial charge in [-0.05, 0) is 56.1 Å². The first kappa shape index (κ1) is 21.8. The van der Waals surface area contributed by atoms with Gasteiger partial charge in [-0.2, -0.15) is 0 Å². The smallest absolute Gasteiger partial charge is 0.337 e. The van der Waals surface area contributed by atoms with E-state index in [-0.39, 0.29) is 24.0 Å². The number of ether oxygens (including phenoxy) is 2. The van der Waals surface area contributed by atoms with Crippen molar-refractivity contribution in [2.45, 2.75) is 44.8 Å². The van der Waals surface area contributed by atoms with Crippen molar-refractivity contribution in [1.29, 1.82) is 0 Å². The van der Waals surface area contributed by atoms with E-state index in [0.29, 0.717) is 18.7 Å². The van der Waals surface area contributed by atoms with Gasteiger partial charge in [0.1, 0.15) is 12.4 Å². The molecule has 0 radical (unpaired) electrons. The van der Waals surface area contributed by atoms with E-state index in [4.69, 9.17) is 9.47 Å². The Morgan fingerprint density at radius 2 is 1.83 bits per heavy atom. The van der Waals surface area contributed by atoms with Crippen LogP contribution in [-0.4, -0.2) is 49.1 Å². The van der Waals surface area contributed by atoms with Crippen molar-refractivity contribution >= 4 is 11.9 Å². The van der Waals surface area contributed by atoms with Crippen LogP contribution in [0.5, 0.6) is 5.75 Å². The van der Waals surface area contributed by atoms with Crippen molar-refractivity contribution in [2.75, 3.05) is 20.3 Å². The Morgan fingerprint density at radius 3 is 2.53 bits per heavy atom. The van der Waals surface area contributed by atoms with Gasteiger partial charge in [0.15, 0.2) is 0 Å². The van der Waals surface area contributed by atoms with Crippen molar-refractivity contribution < 1.29 is 19.1 Å². The Morgan fingerprint density at radius 1 is 1.10 bits per heavy atom. The lowest BCUT2D eigenvalue weighted by Crippen LogP contribution is -2.54. The number of carbonyl (C=O) groups excluding carboxylic acids is 2. The lowest BCUT2D eigenvalue weighted by molar-refractivity contribution is -0.129. The van der Waals surface area contributed by atoms with E-state index in [2.05, 4.69) is 17.1 Å². The topological polar surface area (TPSA) is 67.9 Å². The van der Waals surface area contributed by atoms with Crippen LogP contribution in [0.1, 0.15) is 42.1 Å². The van der Waals surface area contributed by atoms with Crippen LogP contribution in [0.4, 0.5) is 0 Å². The number of nitrogens with zero attached hydrogens (tertiary/aromatic N) is 1. The van der Waals surface area contributed by atoms with Gasteiger partial charge in [-0.1, -0.05) is 36.8 Å². The fraction of sp³-hybridized carbons (Fsp3) is 0.417. The molecule has 2 atom stereocenters. The summed E-state index contributed by atoms with van der Waals surface area (Å²) < 4.78 is 10.6. The van der Waals surface area contributed by atoms with Crippen molar-refractivity contribution in [3.8, 4) is 5.75 Å². The van der Waals surface area contributed by atoms with Gasteiger partial charge in [0.25, 0.3) is 0 Å². The molecule has 1 fully saturated rings. The van der Waals surface area contributed by atoms with Gasteiger partial charge >= 0.3 is 5.97 Å². The third kappa shape index (κ3) is 5.83. The zero-order chi connectivity index (χ0) is 21.3. The number of piperidine rings is 1. The zero-order valence-electron chi connectivity index (χ0n) is 17.7. The average molecular weight is 411 g/mol. The summed E-state index contributed by atoms with van der Waals surface area (Å²) in [5.41, 5.74) is 1.44. The molecule has 0 bridgehead atoms. The van der Waals surface area contributed by atoms with Crippen LogP contribution in [0.3, 0.4) is 0 Å². The zero-order valence-corrected chi connectivity index (χ0v) is 17.7. The van der Waals surface area contributed by atoms with Crippen LogP contribution >= 0.6 is 0 Å². The third-order valence-corrected chi connectivity index (χ3v) is 5.49. The molecular formula is C24H30N2O4. The molecule has 2 unspecified atom stereocenters. The normalized spacial score (nSPS) is 17.7. The summed E-state index contributed by atoms with van der Waals surface area (Å²) in [7, 11) is 1.36. The Balaban J connectivity index is 1.54. The SMILES string of the molecule is COC(=O)c1ccc(CNC(=O)C2CCCCN2C(C)COc2ccccc2)cc1. The van der Waals surface area contributed by atoms with E-state index in [1.807, 2.05) is 42.5 Å². The van der Waals surface area contributed by atoms with Crippen molar-refractivity contribution in [2.24, 2.45) is 0 Å². The molecule has 160 valence electrons. The Labute approximate surface area is 178 Å². The molecule has 2 aromatic rings. The largest absolute Gasteiger partial charge is 0.492 e. The minimum Gasteiger partial charge on any atom is -0.492 e. The second kappa shape index (κ2) is 10.8. The summed E-state index contributed by atoms with van der Waals surface area (Å²) in [6.07, 6.45) is 2.99. The van der Waals surface area contributed by atoms with Crippen LogP contribution in [0.15, 0.2) is 54.6 Å². The number of hydrogen-bond donors (Lipinski definition) is 1. The molecule has 1 aliphatic heterocycles. The minimum atomic E-state index is -0.366. The quantitative estimate of drug-likeness (QED) is 0.676. The predicted octanol–water partition coefficient (Wildman–Crippen LogP) is 3.41. The van der Waals surface area contributed by atoms with Crippen LogP contribution in [0.2, 0.25) is 0 Å². The predicted molar refractivity (Wildman–Crippen MR) is 115 cm³/mol. The van der Waals surface area contributed by atoms with E-state index in [1.54, 1.807) is 12.1 Å². The molecule has 3 rings (SSSR count). The van der Waals surface area contributed by atoms with Gasteiger partial charge in [0.05, 0.1) is 18.7 Å². The molecule has 2 aromatic carbocycles. The minimum absolute atomic E-state index is 0.0401. The number of nitrogens with one attached hydrogen (secondary N) is 1. The summed E-state index contributed by atoms with van der Waals surface area (Å²) in [5, 5.41) is 3.05. The molecule has 1 saturated heterocycles. The van der Waals surface area contributed by atoms with Gasteiger partial charge in [-0.15, -0.1) is 0 Å². The second-order valence-corrected chi connectivity index (χ2v) is 7.63. The van der Waals surface area contributed by atoms with Gasteiger partial charge in [0, 0.05) is 12.6 Å². The van der Waals surface area contributed by atoms with E-state index >= 15 is 0 Å². The van der Waals surface area contributed by atoms with E-state index in [1.165, 1.54) is 7.11 Å². The Bertz CT molecular complexity index is 823. The molecular weight excluding hydrogens is 380 g/mol. The number of amides is 1. The summed E-state index contributed by atoms with van der Waals surface area (Å²) in [6.45, 7) is 3.98. The lowest BCUT2D eigenvalue weighted by Gasteiger charge is -2.38. The maximum Gasteiger partial charge on any atom is 0.337 e. The van der Waals surface area contributed by atoms with Gasteiger partial charge in [-0.25, -0.2) is 4.79 Å².